The molecule has 3 heteroatoms. The molecule has 0 bridgehead atoms. The molecular formula is C15H23NO2. The number of rotatable bonds is 4. The molecule has 1 heterocycles. The molecule has 2 N–H and O–H groups in total. The van der Waals surface area contributed by atoms with Crippen molar-refractivity contribution in [2.75, 3.05) is 13.2 Å². The highest BCUT2D eigenvalue weighted by Gasteiger charge is 2.38. The lowest BCUT2D eigenvalue weighted by Gasteiger charge is -2.26. The van der Waals surface area contributed by atoms with Crippen molar-refractivity contribution in [3.8, 4) is 0 Å². The molecule has 0 amide bonds. The molecule has 1 aliphatic heterocycles. The van der Waals surface area contributed by atoms with E-state index in [-0.39, 0.29) is 6.10 Å². The van der Waals surface area contributed by atoms with Crippen molar-refractivity contribution in [2.45, 2.75) is 45.4 Å². The van der Waals surface area contributed by atoms with Gasteiger partial charge in [0.1, 0.15) is 5.60 Å². The van der Waals surface area contributed by atoms with Crippen LogP contribution in [0.1, 0.15) is 30.0 Å². The Morgan fingerprint density at radius 1 is 1.44 bits per heavy atom. The van der Waals surface area contributed by atoms with E-state index in [1.807, 2.05) is 6.92 Å². The Hall–Kier alpha value is -0.900. The zero-order valence-corrected chi connectivity index (χ0v) is 11.5. The molecule has 1 saturated heterocycles. The van der Waals surface area contributed by atoms with Gasteiger partial charge in [0, 0.05) is 26.1 Å². The third-order valence-electron chi connectivity index (χ3n) is 3.90. The molecular weight excluding hydrogens is 226 g/mol. The lowest BCUT2D eigenvalue weighted by atomic mass is 9.96. The fourth-order valence-electron chi connectivity index (χ4n) is 2.46. The molecule has 3 nitrogen and oxygen atoms in total. The van der Waals surface area contributed by atoms with Gasteiger partial charge < -0.3 is 15.2 Å². The maximum absolute atomic E-state index is 10.4. The van der Waals surface area contributed by atoms with Crippen molar-refractivity contribution in [3.63, 3.8) is 0 Å². The Balaban J connectivity index is 1.88. The molecule has 0 aliphatic carbocycles. The number of benzene rings is 1. The molecule has 0 radical (unpaired) electrons. The summed E-state index contributed by atoms with van der Waals surface area (Å²) in [5.74, 6) is 0. The van der Waals surface area contributed by atoms with Crippen LogP contribution >= 0.6 is 0 Å². The summed E-state index contributed by atoms with van der Waals surface area (Å²) in [7, 11) is 0. The topological polar surface area (TPSA) is 41.5 Å². The van der Waals surface area contributed by atoms with Crippen molar-refractivity contribution in [2.24, 2.45) is 0 Å². The minimum Gasteiger partial charge on any atom is -0.386 e. The van der Waals surface area contributed by atoms with Crippen LogP contribution in [0.4, 0.5) is 0 Å². The molecule has 2 atom stereocenters. The van der Waals surface area contributed by atoms with Gasteiger partial charge >= 0.3 is 0 Å². The van der Waals surface area contributed by atoms with Gasteiger partial charge in [0.2, 0.25) is 0 Å². The minimum absolute atomic E-state index is 0.0795. The maximum atomic E-state index is 10.4. The molecule has 1 aromatic rings. The normalized spacial score (nSPS) is 27.7. The molecule has 1 aromatic carbocycles. The second-order valence-electron chi connectivity index (χ2n) is 5.40. The van der Waals surface area contributed by atoms with Crippen molar-refractivity contribution >= 4 is 0 Å². The largest absolute Gasteiger partial charge is 0.386 e. The van der Waals surface area contributed by atoms with Gasteiger partial charge in [-0.3, -0.25) is 0 Å². The average molecular weight is 249 g/mol. The SMILES string of the molecule is Cc1ccc(CNCC2(O)CCOC2C)c(C)c1. The predicted octanol–water partition coefficient (Wildman–Crippen LogP) is 1.93. The standard InChI is InChI=1S/C15H23NO2/c1-11-4-5-14(12(2)8-11)9-16-10-15(17)6-7-18-13(15)3/h4-5,8,13,16-17H,6-7,9-10H2,1-3H3. The highest BCUT2D eigenvalue weighted by molar-refractivity contribution is 5.30. The Labute approximate surface area is 109 Å². The first-order valence-electron chi connectivity index (χ1n) is 6.62. The predicted molar refractivity (Wildman–Crippen MR) is 72.6 cm³/mol. The van der Waals surface area contributed by atoms with Crippen molar-refractivity contribution in [1.29, 1.82) is 0 Å². The zero-order chi connectivity index (χ0) is 13.2. The Morgan fingerprint density at radius 3 is 2.83 bits per heavy atom. The van der Waals surface area contributed by atoms with Crippen LogP contribution in [0.25, 0.3) is 0 Å². The highest BCUT2D eigenvalue weighted by atomic mass is 16.5. The summed E-state index contributed by atoms with van der Waals surface area (Å²) in [6.07, 6.45) is 0.637. The monoisotopic (exact) mass is 249 g/mol. The Morgan fingerprint density at radius 2 is 2.22 bits per heavy atom. The molecule has 0 saturated carbocycles. The smallest absolute Gasteiger partial charge is 0.105 e. The van der Waals surface area contributed by atoms with Crippen LogP contribution in [0.2, 0.25) is 0 Å². The van der Waals surface area contributed by atoms with Gasteiger partial charge in [-0.1, -0.05) is 23.8 Å². The van der Waals surface area contributed by atoms with E-state index in [4.69, 9.17) is 4.74 Å². The summed E-state index contributed by atoms with van der Waals surface area (Å²) in [5, 5.41) is 13.7. The zero-order valence-electron chi connectivity index (χ0n) is 11.5. The summed E-state index contributed by atoms with van der Waals surface area (Å²) in [5.41, 5.74) is 3.16. The molecule has 1 aliphatic rings. The fourth-order valence-corrected chi connectivity index (χ4v) is 2.46. The van der Waals surface area contributed by atoms with Gasteiger partial charge in [0.15, 0.2) is 0 Å². The lowest BCUT2D eigenvalue weighted by Crippen LogP contribution is -2.45. The molecule has 1 fully saturated rings. The van der Waals surface area contributed by atoms with Crippen LogP contribution < -0.4 is 5.32 Å². The number of hydrogen-bond donors (Lipinski definition) is 2. The van der Waals surface area contributed by atoms with E-state index >= 15 is 0 Å². The van der Waals surface area contributed by atoms with Gasteiger partial charge in [-0.15, -0.1) is 0 Å². The van der Waals surface area contributed by atoms with Crippen LogP contribution in [0.15, 0.2) is 18.2 Å². The van der Waals surface area contributed by atoms with Crippen molar-refractivity contribution in [1.82, 2.24) is 5.32 Å². The first kappa shape index (κ1) is 13.5. The molecule has 0 aromatic heterocycles. The van der Waals surface area contributed by atoms with E-state index in [1.165, 1.54) is 16.7 Å². The second kappa shape index (κ2) is 5.39. The summed E-state index contributed by atoms with van der Waals surface area (Å²) < 4.78 is 5.42. The third-order valence-corrected chi connectivity index (χ3v) is 3.90. The van der Waals surface area contributed by atoms with E-state index < -0.39 is 5.60 Å². The summed E-state index contributed by atoms with van der Waals surface area (Å²) in [6, 6.07) is 6.46. The van der Waals surface area contributed by atoms with Crippen LogP contribution in [0.3, 0.4) is 0 Å². The van der Waals surface area contributed by atoms with Gasteiger partial charge in [-0.05, 0) is 31.9 Å². The molecule has 0 spiro atoms. The van der Waals surface area contributed by atoms with E-state index in [0.717, 1.165) is 6.54 Å². The van der Waals surface area contributed by atoms with Crippen LogP contribution in [0, 0.1) is 13.8 Å². The second-order valence-corrected chi connectivity index (χ2v) is 5.40. The Bertz CT molecular complexity index is 419. The fraction of sp³-hybridized carbons (Fsp3) is 0.600. The van der Waals surface area contributed by atoms with E-state index in [1.54, 1.807) is 0 Å². The van der Waals surface area contributed by atoms with Gasteiger partial charge in [0.25, 0.3) is 0 Å². The molecule has 2 rings (SSSR count). The first-order chi connectivity index (χ1) is 8.51. The number of aliphatic hydroxyl groups is 1. The van der Waals surface area contributed by atoms with Crippen molar-refractivity contribution < 1.29 is 9.84 Å². The first-order valence-corrected chi connectivity index (χ1v) is 6.62. The highest BCUT2D eigenvalue weighted by Crippen LogP contribution is 2.24. The summed E-state index contributed by atoms with van der Waals surface area (Å²) in [4.78, 5) is 0. The average Bonchev–Trinajstić information content (AvgIpc) is 2.63. The van der Waals surface area contributed by atoms with Gasteiger partial charge in [-0.25, -0.2) is 0 Å². The number of aryl methyl sites for hydroxylation is 2. The van der Waals surface area contributed by atoms with E-state index in [2.05, 4.69) is 37.4 Å². The van der Waals surface area contributed by atoms with Gasteiger partial charge in [0.05, 0.1) is 6.10 Å². The van der Waals surface area contributed by atoms with Crippen LogP contribution in [-0.4, -0.2) is 30.0 Å². The third kappa shape index (κ3) is 2.91. The lowest BCUT2D eigenvalue weighted by molar-refractivity contribution is -0.0263. The Kier molecular flexibility index (Phi) is 4.05. The maximum Gasteiger partial charge on any atom is 0.105 e. The molecule has 18 heavy (non-hydrogen) atoms. The quantitative estimate of drug-likeness (QED) is 0.857. The van der Waals surface area contributed by atoms with Crippen LogP contribution in [0.5, 0.6) is 0 Å². The summed E-state index contributed by atoms with van der Waals surface area (Å²) >= 11 is 0. The molecule has 100 valence electrons. The number of nitrogens with one attached hydrogen (secondary N) is 1. The van der Waals surface area contributed by atoms with Crippen LogP contribution in [-0.2, 0) is 11.3 Å². The van der Waals surface area contributed by atoms with Gasteiger partial charge in [-0.2, -0.15) is 0 Å². The molecule has 2 unspecified atom stereocenters. The van der Waals surface area contributed by atoms with E-state index in [9.17, 15) is 5.11 Å². The number of hydrogen-bond acceptors (Lipinski definition) is 3. The van der Waals surface area contributed by atoms with Crippen molar-refractivity contribution in [3.05, 3.63) is 34.9 Å². The minimum atomic E-state index is -0.710. The summed E-state index contributed by atoms with van der Waals surface area (Å²) in [6.45, 7) is 8.20. The number of ether oxygens (including phenoxy) is 1. The van der Waals surface area contributed by atoms with E-state index in [0.29, 0.717) is 19.6 Å².